The molecule has 2 aromatic rings. The lowest BCUT2D eigenvalue weighted by Gasteiger charge is -2.28. The number of phenols is 2. The van der Waals surface area contributed by atoms with Crippen LogP contribution in [-0.4, -0.2) is 10.2 Å². The number of rotatable bonds is 2. The van der Waals surface area contributed by atoms with E-state index in [1.807, 2.05) is 24.3 Å². The molecule has 0 aliphatic rings. The van der Waals surface area contributed by atoms with Crippen molar-refractivity contribution in [3.63, 3.8) is 0 Å². The fraction of sp³-hybridized carbons (Fsp3) is 0.364. The van der Waals surface area contributed by atoms with Crippen molar-refractivity contribution in [3.8, 4) is 11.5 Å². The summed E-state index contributed by atoms with van der Waals surface area (Å²) in [5.41, 5.74) is 4.33. The second-order valence-electron chi connectivity index (χ2n) is 8.45. The van der Waals surface area contributed by atoms with Gasteiger partial charge in [-0.1, -0.05) is 60.3 Å². The summed E-state index contributed by atoms with van der Waals surface area (Å²) in [5, 5.41) is 20.3. The molecule has 128 valence electrons. The maximum atomic E-state index is 10.8. The van der Waals surface area contributed by atoms with Crippen molar-refractivity contribution in [1.82, 2.24) is 0 Å². The third-order valence-corrected chi connectivity index (χ3v) is 4.29. The molecule has 0 atom stereocenters. The minimum atomic E-state index is -0.171. The number of hydrogen-bond acceptors (Lipinski definition) is 2. The Labute approximate surface area is 145 Å². The first kappa shape index (κ1) is 18.1. The number of phenolic OH excluding ortho intramolecular Hbond substituents is 2. The van der Waals surface area contributed by atoms with E-state index in [1.165, 1.54) is 0 Å². The Balaban J connectivity index is 2.66. The van der Waals surface area contributed by atoms with E-state index in [4.69, 9.17) is 0 Å². The highest BCUT2D eigenvalue weighted by atomic mass is 16.3. The normalized spacial score (nSPS) is 12.2. The van der Waals surface area contributed by atoms with Crippen LogP contribution in [0.5, 0.6) is 11.5 Å². The molecule has 0 saturated carbocycles. The SMILES string of the molecule is C=C(c1ccc(O)cc1)c1cc(C(C)(C)C)c(O)c(C(C)(C)C)c1. The van der Waals surface area contributed by atoms with E-state index >= 15 is 0 Å². The third-order valence-electron chi connectivity index (χ3n) is 4.29. The van der Waals surface area contributed by atoms with Gasteiger partial charge in [0.2, 0.25) is 0 Å². The molecular weight excluding hydrogens is 296 g/mol. The molecule has 0 saturated heterocycles. The molecule has 24 heavy (non-hydrogen) atoms. The van der Waals surface area contributed by atoms with Crippen molar-refractivity contribution in [2.75, 3.05) is 0 Å². The van der Waals surface area contributed by atoms with Crippen LogP contribution >= 0.6 is 0 Å². The van der Waals surface area contributed by atoms with E-state index < -0.39 is 0 Å². The Morgan fingerprint density at radius 3 is 1.54 bits per heavy atom. The summed E-state index contributed by atoms with van der Waals surface area (Å²) in [4.78, 5) is 0. The van der Waals surface area contributed by atoms with Crippen molar-refractivity contribution in [2.45, 2.75) is 52.4 Å². The average molecular weight is 324 g/mol. The topological polar surface area (TPSA) is 40.5 Å². The Bertz CT molecular complexity index is 719. The lowest BCUT2D eigenvalue weighted by molar-refractivity contribution is 0.423. The summed E-state index contributed by atoms with van der Waals surface area (Å²) < 4.78 is 0. The Hall–Kier alpha value is -2.22. The minimum absolute atomic E-state index is 0.171. The molecule has 2 rings (SSSR count). The highest BCUT2D eigenvalue weighted by Crippen LogP contribution is 2.41. The molecule has 0 spiro atoms. The monoisotopic (exact) mass is 324 g/mol. The van der Waals surface area contributed by atoms with Gasteiger partial charge in [-0.3, -0.25) is 0 Å². The molecule has 2 heteroatoms. The molecule has 0 aromatic heterocycles. The number of aromatic hydroxyl groups is 2. The van der Waals surface area contributed by atoms with Gasteiger partial charge < -0.3 is 10.2 Å². The Kier molecular flexibility index (Phi) is 4.54. The van der Waals surface area contributed by atoms with Crippen LogP contribution in [0.2, 0.25) is 0 Å². The molecule has 0 aliphatic carbocycles. The van der Waals surface area contributed by atoms with Crippen LogP contribution in [0.25, 0.3) is 5.57 Å². The van der Waals surface area contributed by atoms with Gasteiger partial charge >= 0.3 is 0 Å². The molecule has 0 radical (unpaired) electrons. The zero-order valence-electron chi connectivity index (χ0n) is 15.6. The van der Waals surface area contributed by atoms with Crippen LogP contribution in [0.15, 0.2) is 43.0 Å². The Morgan fingerprint density at radius 2 is 1.17 bits per heavy atom. The summed E-state index contributed by atoms with van der Waals surface area (Å²) in [7, 11) is 0. The molecule has 2 nitrogen and oxygen atoms in total. The zero-order valence-corrected chi connectivity index (χ0v) is 15.6. The average Bonchev–Trinajstić information content (AvgIpc) is 2.45. The van der Waals surface area contributed by atoms with Gasteiger partial charge in [-0.15, -0.1) is 0 Å². The highest BCUT2D eigenvalue weighted by Gasteiger charge is 2.27. The second-order valence-corrected chi connectivity index (χ2v) is 8.45. The molecule has 0 amide bonds. The van der Waals surface area contributed by atoms with E-state index in [9.17, 15) is 10.2 Å². The first-order chi connectivity index (χ1) is 10.9. The standard InChI is InChI=1S/C22H28O2/c1-14(15-8-10-17(23)11-9-15)16-12-18(21(2,3)4)20(24)19(13-16)22(5,6)7/h8-13,23-24H,1H2,2-7H3. The number of benzene rings is 2. The van der Waals surface area contributed by atoms with Crippen molar-refractivity contribution in [3.05, 3.63) is 65.2 Å². The zero-order chi connectivity index (χ0) is 18.3. The van der Waals surface area contributed by atoms with Gasteiger partial charge in [-0.2, -0.15) is 0 Å². The van der Waals surface area contributed by atoms with E-state index in [0.717, 1.165) is 27.8 Å². The van der Waals surface area contributed by atoms with Crippen LogP contribution in [0, 0.1) is 0 Å². The second kappa shape index (κ2) is 6.01. The Morgan fingerprint density at radius 1 is 0.750 bits per heavy atom. The molecule has 0 heterocycles. The first-order valence-corrected chi connectivity index (χ1v) is 8.28. The van der Waals surface area contributed by atoms with Crippen LogP contribution in [0.4, 0.5) is 0 Å². The fourth-order valence-electron chi connectivity index (χ4n) is 2.78. The van der Waals surface area contributed by atoms with Gasteiger partial charge in [0.05, 0.1) is 0 Å². The van der Waals surface area contributed by atoms with E-state index in [0.29, 0.717) is 5.75 Å². The third kappa shape index (κ3) is 3.64. The predicted octanol–water partition coefficient (Wildman–Crippen LogP) is 5.75. The summed E-state index contributed by atoms with van der Waals surface area (Å²) in [6.45, 7) is 16.8. The van der Waals surface area contributed by atoms with Crippen LogP contribution in [0.3, 0.4) is 0 Å². The van der Waals surface area contributed by atoms with Crippen LogP contribution in [0.1, 0.15) is 63.8 Å². The van der Waals surface area contributed by atoms with Gasteiger partial charge in [0, 0.05) is 11.1 Å². The largest absolute Gasteiger partial charge is 0.508 e. The van der Waals surface area contributed by atoms with Gasteiger partial charge in [0.15, 0.2) is 0 Å². The van der Waals surface area contributed by atoms with Crippen molar-refractivity contribution in [1.29, 1.82) is 0 Å². The molecule has 2 N–H and O–H groups in total. The fourth-order valence-corrected chi connectivity index (χ4v) is 2.78. The predicted molar refractivity (Wildman–Crippen MR) is 102 cm³/mol. The molecule has 2 aromatic carbocycles. The summed E-state index contributed by atoms with van der Waals surface area (Å²) in [6.07, 6.45) is 0. The molecule has 0 aliphatic heterocycles. The van der Waals surface area contributed by atoms with E-state index in [1.54, 1.807) is 12.1 Å². The van der Waals surface area contributed by atoms with Crippen LogP contribution < -0.4 is 0 Å². The van der Waals surface area contributed by atoms with Gasteiger partial charge in [0.25, 0.3) is 0 Å². The molecule has 0 fully saturated rings. The van der Waals surface area contributed by atoms with Crippen molar-refractivity contribution < 1.29 is 10.2 Å². The summed E-state index contributed by atoms with van der Waals surface area (Å²) >= 11 is 0. The maximum Gasteiger partial charge on any atom is 0.123 e. The van der Waals surface area contributed by atoms with Crippen molar-refractivity contribution in [2.24, 2.45) is 0 Å². The molecule has 0 unspecified atom stereocenters. The summed E-state index contributed by atoms with van der Waals surface area (Å²) in [5.74, 6) is 0.611. The van der Waals surface area contributed by atoms with Gasteiger partial charge in [-0.05, 0) is 51.8 Å². The van der Waals surface area contributed by atoms with Gasteiger partial charge in [-0.25, -0.2) is 0 Å². The van der Waals surface area contributed by atoms with Crippen LogP contribution in [-0.2, 0) is 10.8 Å². The number of hydrogen-bond donors (Lipinski definition) is 2. The van der Waals surface area contributed by atoms with E-state index in [2.05, 4.69) is 48.1 Å². The highest BCUT2D eigenvalue weighted by molar-refractivity contribution is 5.80. The summed E-state index contributed by atoms with van der Waals surface area (Å²) in [6, 6.07) is 11.1. The smallest absolute Gasteiger partial charge is 0.123 e. The van der Waals surface area contributed by atoms with E-state index in [-0.39, 0.29) is 16.6 Å². The lowest BCUT2D eigenvalue weighted by atomic mass is 9.77. The first-order valence-electron chi connectivity index (χ1n) is 8.28. The molecule has 0 bridgehead atoms. The minimum Gasteiger partial charge on any atom is -0.508 e. The maximum absolute atomic E-state index is 10.8. The van der Waals surface area contributed by atoms with Gasteiger partial charge in [0.1, 0.15) is 11.5 Å². The lowest BCUT2D eigenvalue weighted by Crippen LogP contribution is -2.17. The quantitative estimate of drug-likeness (QED) is 0.738. The molecular formula is C22H28O2. The van der Waals surface area contributed by atoms with Crippen molar-refractivity contribution >= 4 is 5.57 Å².